The number of urea groups is 1. The Morgan fingerprint density at radius 2 is 1.89 bits per heavy atom. The quantitative estimate of drug-likeness (QED) is 0.458. The van der Waals surface area contributed by atoms with Gasteiger partial charge in [-0.1, -0.05) is 29.8 Å². The maximum absolute atomic E-state index is 13.5. The van der Waals surface area contributed by atoms with Crippen LogP contribution < -0.4 is 5.32 Å². The lowest BCUT2D eigenvalue weighted by molar-refractivity contribution is -0.151. The molecule has 1 aromatic rings. The number of piperidine rings is 1. The highest BCUT2D eigenvalue weighted by molar-refractivity contribution is 6.30. The number of likely N-dealkylation sites (tertiary alicyclic amines) is 1. The molecule has 0 spiro atoms. The summed E-state index contributed by atoms with van der Waals surface area (Å²) >= 11 is 6.02. The molecule has 1 unspecified atom stereocenters. The van der Waals surface area contributed by atoms with Crippen LogP contribution in [0.1, 0.15) is 31.4 Å². The normalized spacial score (nSPS) is 20.6. The van der Waals surface area contributed by atoms with Crippen molar-refractivity contribution in [2.45, 2.75) is 25.8 Å². The van der Waals surface area contributed by atoms with Crippen LogP contribution in [0.5, 0.6) is 0 Å². The van der Waals surface area contributed by atoms with Gasteiger partial charge in [0, 0.05) is 24.7 Å². The number of rotatable bonds is 7. The number of nitrogens with zero attached hydrogens (tertiary/aromatic N) is 3. The number of esters is 1. The molecule has 3 aliphatic heterocycles. The van der Waals surface area contributed by atoms with Gasteiger partial charge in [0.05, 0.1) is 36.4 Å². The van der Waals surface area contributed by atoms with Gasteiger partial charge in [-0.2, -0.15) is 0 Å². The third kappa shape index (κ3) is 5.05. The summed E-state index contributed by atoms with van der Waals surface area (Å²) in [6, 6.07) is 6.00. The van der Waals surface area contributed by atoms with Gasteiger partial charge < -0.3 is 19.9 Å². The number of nitrogens with one attached hydrogen (secondary N) is 1. The summed E-state index contributed by atoms with van der Waals surface area (Å²) in [5.41, 5.74) is 1.76. The van der Waals surface area contributed by atoms with Crippen LogP contribution in [0.25, 0.3) is 0 Å². The first-order valence-electron chi connectivity index (χ1n) is 11.7. The van der Waals surface area contributed by atoms with Crippen LogP contribution in [-0.4, -0.2) is 77.8 Å². The Hall–Kier alpha value is -3.33. The molecule has 0 saturated carbocycles. The molecule has 10 heteroatoms. The predicted molar refractivity (Wildman–Crippen MR) is 129 cm³/mol. The fraction of sp³-hybridized carbons (Fsp3) is 0.440. The zero-order valence-corrected chi connectivity index (χ0v) is 20.4. The van der Waals surface area contributed by atoms with Crippen LogP contribution >= 0.6 is 11.6 Å². The topological polar surface area (TPSA) is 99.3 Å². The zero-order valence-electron chi connectivity index (χ0n) is 19.7. The summed E-state index contributed by atoms with van der Waals surface area (Å²) in [6.07, 6.45) is 2.67. The number of carbonyl (C=O) groups excluding carboxylic acids is 4. The van der Waals surface area contributed by atoms with Crippen LogP contribution in [0.15, 0.2) is 48.2 Å². The Bertz CT molecular complexity index is 1060. The Balaban J connectivity index is 1.48. The summed E-state index contributed by atoms with van der Waals surface area (Å²) in [6.45, 7) is 7.01. The van der Waals surface area contributed by atoms with Gasteiger partial charge in [0.2, 0.25) is 5.91 Å². The molecule has 1 aromatic carbocycles. The lowest BCUT2D eigenvalue weighted by Crippen LogP contribution is -2.47. The molecule has 3 heterocycles. The first-order valence-corrected chi connectivity index (χ1v) is 12.1. The van der Waals surface area contributed by atoms with Gasteiger partial charge in [0.1, 0.15) is 6.54 Å². The van der Waals surface area contributed by atoms with Crippen molar-refractivity contribution in [3.05, 3.63) is 58.8 Å². The number of ether oxygens (including phenoxy) is 1. The SMILES string of the molecule is C=CCN1C(=O)NC(c2ccc(Cl)cc2)C2=C1CN(CC(=O)N1CCC(C(=O)OCC)CC1)C2=O. The molecule has 0 bridgehead atoms. The van der Waals surface area contributed by atoms with Crippen LogP contribution in [-0.2, 0) is 19.1 Å². The van der Waals surface area contributed by atoms with Crippen LogP contribution in [0.4, 0.5) is 4.79 Å². The van der Waals surface area contributed by atoms with E-state index in [9.17, 15) is 19.2 Å². The van der Waals surface area contributed by atoms with Gasteiger partial charge in [0.25, 0.3) is 5.91 Å². The van der Waals surface area contributed by atoms with E-state index < -0.39 is 6.04 Å². The van der Waals surface area contributed by atoms with E-state index in [4.69, 9.17) is 16.3 Å². The lowest BCUT2D eigenvalue weighted by atomic mass is 9.95. The Labute approximate surface area is 209 Å². The highest BCUT2D eigenvalue weighted by atomic mass is 35.5. The Morgan fingerprint density at radius 3 is 2.51 bits per heavy atom. The number of hydrogen-bond donors (Lipinski definition) is 1. The number of amides is 4. The summed E-state index contributed by atoms with van der Waals surface area (Å²) in [4.78, 5) is 56.0. The molecule has 1 N–H and O–H groups in total. The van der Waals surface area contributed by atoms with E-state index >= 15 is 0 Å². The van der Waals surface area contributed by atoms with E-state index in [1.807, 2.05) is 0 Å². The summed E-state index contributed by atoms with van der Waals surface area (Å²) in [7, 11) is 0. The smallest absolute Gasteiger partial charge is 0.322 e. The van der Waals surface area contributed by atoms with Gasteiger partial charge in [-0.3, -0.25) is 19.3 Å². The van der Waals surface area contributed by atoms with E-state index in [1.54, 1.807) is 42.2 Å². The van der Waals surface area contributed by atoms with Crippen LogP contribution in [0, 0.1) is 5.92 Å². The molecule has 4 amide bonds. The number of carbonyl (C=O) groups is 4. The molecular formula is C25H29ClN4O5. The third-order valence-corrected chi connectivity index (χ3v) is 6.86. The van der Waals surface area contributed by atoms with E-state index in [1.165, 1.54) is 9.80 Å². The van der Waals surface area contributed by atoms with E-state index in [0.29, 0.717) is 48.8 Å². The maximum Gasteiger partial charge on any atom is 0.322 e. The molecule has 0 aliphatic carbocycles. The number of hydrogen-bond acceptors (Lipinski definition) is 5. The van der Waals surface area contributed by atoms with Crippen molar-refractivity contribution < 1.29 is 23.9 Å². The molecule has 1 fully saturated rings. The monoisotopic (exact) mass is 500 g/mol. The van der Waals surface area contributed by atoms with E-state index in [-0.39, 0.29) is 49.4 Å². The summed E-state index contributed by atoms with van der Waals surface area (Å²) < 4.78 is 5.09. The van der Waals surface area contributed by atoms with Crippen molar-refractivity contribution in [3.8, 4) is 0 Å². The molecule has 4 rings (SSSR count). The molecule has 35 heavy (non-hydrogen) atoms. The van der Waals surface area contributed by atoms with E-state index in [2.05, 4.69) is 11.9 Å². The molecule has 0 radical (unpaired) electrons. The average Bonchev–Trinajstić information content (AvgIpc) is 3.17. The second kappa shape index (κ2) is 10.5. The minimum atomic E-state index is -0.635. The second-order valence-electron chi connectivity index (χ2n) is 8.76. The number of benzene rings is 1. The molecule has 3 aliphatic rings. The average molecular weight is 501 g/mol. The van der Waals surface area contributed by atoms with E-state index in [0.717, 1.165) is 5.56 Å². The van der Waals surface area contributed by atoms with Gasteiger partial charge in [-0.15, -0.1) is 6.58 Å². The van der Waals surface area contributed by atoms with Gasteiger partial charge in [0.15, 0.2) is 0 Å². The Morgan fingerprint density at radius 1 is 1.20 bits per heavy atom. The third-order valence-electron chi connectivity index (χ3n) is 6.61. The highest BCUT2D eigenvalue weighted by Gasteiger charge is 2.44. The molecule has 186 valence electrons. The summed E-state index contributed by atoms with van der Waals surface area (Å²) in [5.74, 6) is -0.896. The van der Waals surface area contributed by atoms with Crippen molar-refractivity contribution in [3.63, 3.8) is 0 Å². The largest absolute Gasteiger partial charge is 0.466 e. The molecule has 1 atom stereocenters. The van der Waals surface area contributed by atoms with Gasteiger partial charge in [-0.25, -0.2) is 4.79 Å². The van der Waals surface area contributed by atoms with Gasteiger partial charge in [-0.05, 0) is 37.5 Å². The van der Waals surface area contributed by atoms with Crippen LogP contribution in [0.3, 0.4) is 0 Å². The maximum atomic E-state index is 13.5. The van der Waals surface area contributed by atoms with Crippen molar-refractivity contribution >= 4 is 35.4 Å². The Kier molecular flexibility index (Phi) is 7.45. The molecule has 9 nitrogen and oxygen atoms in total. The van der Waals surface area contributed by atoms with Crippen molar-refractivity contribution in [2.75, 3.05) is 39.3 Å². The predicted octanol–water partition coefficient (Wildman–Crippen LogP) is 2.49. The first kappa shape index (κ1) is 24.8. The highest BCUT2D eigenvalue weighted by Crippen LogP contribution is 2.36. The zero-order chi connectivity index (χ0) is 25.1. The fourth-order valence-electron chi connectivity index (χ4n) is 4.79. The van der Waals surface area contributed by atoms with Crippen molar-refractivity contribution in [1.29, 1.82) is 0 Å². The fourth-order valence-corrected chi connectivity index (χ4v) is 4.92. The molecule has 0 aromatic heterocycles. The summed E-state index contributed by atoms with van der Waals surface area (Å²) in [5, 5.41) is 3.45. The van der Waals surface area contributed by atoms with Gasteiger partial charge >= 0.3 is 12.0 Å². The minimum absolute atomic E-state index is 0.0979. The molecular weight excluding hydrogens is 472 g/mol. The lowest BCUT2D eigenvalue weighted by Gasteiger charge is -2.33. The van der Waals surface area contributed by atoms with Crippen molar-refractivity contribution in [1.82, 2.24) is 20.0 Å². The first-order chi connectivity index (χ1) is 16.8. The van der Waals surface area contributed by atoms with Crippen LogP contribution in [0.2, 0.25) is 5.02 Å². The minimum Gasteiger partial charge on any atom is -0.466 e. The second-order valence-corrected chi connectivity index (χ2v) is 9.20. The standard InChI is InChI=1S/C25H29ClN4O5/c1-3-11-30-19-14-29(15-20(31)28-12-9-17(10-13-28)24(33)35-4-2)23(32)21(19)22(27-25(30)34)16-5-7-18(26)8-6-16/h3,5-8,17,22H,1,4,9-15H2,2H3,(H,27,34). The van der Waals surface area contributed by atoms with Crippen molar-refractivity contribution in [2.24, 2.45) is 5.92 Å². The molecule has 1 saturated heterocycles. The number of halogens is 1.